The fourth-order valence-electron chi connectivity index (χ4n) is 3.95. The van der Waals surface area contributed by atoms with Crippen LogP contribution in [0.4, 0.5) is 5.69 Å². The highest BCUT2D eigenvalue weighted by atomic mass is 16.3. The van der Waals surface area contributed by atoms with E-state index in [9.17, 15) is 5.11 Å². The Balaban J connectivity index is 1.65. The molecule has 0 aromatic heterocycles. The van der Waals surface area contributed by atoms with Crippen molar-refractivity contribution in [2.24, 2.45) is 4.99 Å². The highest BCUT2D eigenvalue weighted by Crippen LogP contribution is 2.30. The largest absolute Gasteiger partial charge is 0.459 e. The van der Waals surface area contributed by atoms with Crippen LogP contribution in [0.15, 0.2) is 126 Å². The van der Waals surface area contributed by atoms with Gasteiger partial charge in [0, 0.05) is 12.1 Å². The Morgan fingerprint density at radius 3 is 1.79 bits per heavy atom. The molecule has 0 saturated heterocycles. The molecule has 4 aromatic carbocycles. The number of aliphatic hydroxyl groups excluding tert-OH is 1. The van der Waals surface area contributed by atoms with Gasteiger partial charge in [0.05, 0.1) is 5.71 Å². The van der Waals surface area contributed by atoms with Crippen LogP contribution in [0.1, 0.15) is 22.3 Å². The van der Waals surface area contributed by atoms with Gasteiger partial charge in [0.1, 0.15) is 5.57 Å². The first-order valence-corrected chi connectivity index (χ1v) is 11.1. The molecule has 4 aromatic rings. The molecular weight excluding hydrogens is 404 g/mol. The molecule has 3 nitrogen and oxygen atoms in total. The van der Waals surface area contributed by atoms with Crippen LogP contribution in [0.2, 0.25) is 0 Å². The maximum absolute atomic E-state index is 11.8. The third-order valence-electron chi connectivity index (χ3n) is 5.74. The van der Waals surface area contributed by atoms with Crippen LogP contribution in [0.5, 0.6) is 0 Å². The number of aryl methyl sites for hydroxylation is 1. The highest BCUT2D eigenvalue weighted by molar-refractivity contribution is 6.21. The van der Waals surface area contributed by atoms with Crippen LogP contribution >= 0.6 is 0 Å². The van der Waals surface area contributed by atoms with Gasteiger partial charge in [-0.05, 0) is 23.6 Å². The Hall–Kier alpha value is -4.24. The number of benzene rings is 4. The van der Waals surface area contributed by atoms with Crippen LogP contribution in [0.3, 0.4) is 0 Å². The molecule has 1 heterocycles. The molecule has 0 fully saturated rings. The topological polar surface area (TPSA) is 35.6 Å². The van der Waals surface area contributed by atoms with Crippen molar-refractivity contribution in [1.29, 1.82) is 0 Å². The first-order valence-electron chi connectivity index (χ1n) is 11.1. The molecule has 1 atom stereocenters. The molecule has 0 amide bonds. The standard InChI is InChI=1S/C30H24N2O/c1-22-17-19-26(20-18-22)32(21-27-29(31-27)25-15-9-4-10-16-25)30(33)28(23-11-5-2-6-12-23)24-13-7-3-8-14-24/h2-21,27H,1H3/p+1/b32-21+. The van der Waals surface area contributed by atoms with Crippen LogP contribution < -0.4 is 0 Å². The molecule has 1 unspecified atom stereocenters. The van der Waals surface area contributed by atoms with Gasteiger partial charge < -0.3 is 5.11 Å². The van der Waals surface area contributed by atoms with Crippen LogP contribution in [0, 0.1) is 6.92 Å². The van der Waals surface area contributed by atoms with Crippen molar-refractivity contribution in [3.8, 4) is 0 Å². The summed E-state index contributed by atoms with van der Waals surface area (Å²) in [5.41, 5.74) is 6.87. The number of aliphatic imine (C=N–C) groups is 1. The normalized spacial score (nSPS) is 15.0. The summed E-state index contributed by atoms with van der Waals surface area (Å²) in [7, 11) is 0. The lowest BCUT2D eigenvalue weighted by Gasteiger charge is -2.10. The van der Waals surface area contributed by atoms with Crippen molar-refractivity contribution in [2.75, 3.05) is 0 Å². The van der Waals surface area contributed by atoms with Crippen LogP contribution in [0.25, 0.3) is 5.57 Å². The first kappa shape index (κ1) is 20.7. The summed E-state index contributed by atoms with van der Waals surface area (Å²) in [4.78, 5) is 4.68. The van der Waals surface area contributed by atoms with Crippen LogP contribution in [-0.2, 0) is 0 Å². The van der Waals surface area contributed by atoms with Gasteiger partial charge in [-0.15, -0.1) is 4.58 Å². The van der Waals surface area contributed by atoms with Gasteiger partial charge in [-0.25, -0.2) is 0 Å². The van der Waals surface area contributed by atoms with Gasteiger partial charge in [0.25, 0.3) is 0 Å². The van der Waals surface area contributed by atoms with Gasteiger partial charge >= 0.3 is 5.88 Å². The third kappa shape index (κ3) is 4.53. The van der Waals surface area contributed by atoms with Crippen LogP contribution in [-0.4, -0.2) is 27.7 Å². The summed E-state index contributed by atoms with van der Waals surface area (Å²) >= 11 is 0. The SMILES string of the molecule is Cc1ccc(/[N+](=C\C2N=C2c2ccccc2)C(O)=C(c2ccccc2)c2ccccc2)cc1. The van der Waals surface area contributed by atoms with Crippen molar-refractivity contribution in [3.63, 3.8) is 0 Å². The van der Waals surface area contributed by atoms with Crippen molar-refractivity contribution in [1.82, 2.24) is 0 Å². The lowest BCUT2D eigenvalue weighted by molar-refractivity contribution is -0.415. The molecule has 0 aliphatic carbocycles. The van der Waals surface area contributed by atoms with E-state index < -0.39 is 0 Å². The van der Waals surface area contributed by atoms with E-state index in [2.05, 4.69) is 36.2 Å². The Labute approximate surface area is 194 Å². The summed E-state index contributed by atoms with van der Waals surface area (Å²) in [5.74, 6) is 0.172. The minimum atomic E-state index is -0.0800. The zero-order chi connectivity index (χ0) is 22.6. The lowest BCUT2D eigenvalue weighted by atomic mass is 9.98. The summed E-state index contributed by atoms with van der Waals surface area (Å²) in [6.07, 6.45) is 1.99. The van der Waals surface area contributed by atoms with Crippen molar-refractivity contribution >= 4 is 23.2 Å². The average molecular weight is 430 g/mol. The van der Waals surface area contributed by atoms with Gasteiger partial charge in [-0.3, -0.25) is 4.99 Å². The number of nitrogens with zero attached hydrogens (tertiary/aromatic N) is 2. The smallest absolute Gasteiger partial charge is 0.379 e. The Morgan fingerprint density at radius 1 is 0.727 bits per heavy atom. The molecular formula is C30H25N2O+. The van der Waals surface area contributed by atoms with E-state index >= 15 is 0 Å². The van der Waals surface area contributed by atoms with Crippen molar-refractivity contribution < 1.29 is 9.68 Å². The molecule has 0 spiro atoms. The minimum Gasteiger partial charge on any atom is -0.459 e. The van der Waals surface area contributed by atoms with Gasteiger partial charge in [0.15, 0.2) is 12.3 Å². The molecule has 0 bridgehead atoms. The van der Waals surface area contributed by atoms with Gasteiger partial charge in [-0.2, -0.15) is 0 Å². The van der Waals surface area contributed by atoms with E-state index in [1.807, 2.05) is 102 Å². The van der Waals surface area contributed by atoms with Gasteiger partial charge in [0.2, 0.25) is 5.69 Å². The Bertz CT molecular complexity index is 1300. The zero-order valence-corrected chi connectivity index (χ0v) is 18.5. The first-order chi connectivity index (χ1) is 16.2. The number of hydrogen-bond donors (Lipinski definition) is 1. The molecule has 0 radical (unpaired) electrons. The van der Waals surface area contributed by atoms with Crippen molar-refractivity contribution in [2.45, 2.75) is 13.0 Å². The Kier molecular flexibility index (Phi) is 5.69. The molecule has 1 aliphatic heterocycles. The molecule has 33 heavy (non-hydrogen) atoms. The van der Waals surface area contributed by atoms with E-state index in [-0.39, 0.29) is 11.9 Å². The lowest BCUT2D eigenvalue weighted by Crippen LogP contribution is -2.15. The maximum atomic E-state index is 11.8. The van der Waals surface area contributed by atoms with Gasteiger partial charge in [-0.1, -0.05) is 109 Å². The number of aliphatic hydroxyl groups is 1. The summed E-state index contributed by atoms with van der Waals surface area (Å²) in [5, 5.41) is 11.8. The molecule has 160 valence electrons. The number of hydrogen-bond acceptors (Lipinski definition) is 2. The molecule has 1 N–H and O–H groups in total. The van der Waals surface area contributed by atoms with E-state index in [0.717, 1.165) is 33.7 Å². The molecule has 3 heteroatoms. The second-order valence-electron chi connectivity index (χ2n) is 8.11. The molecule has 5 rings (SSSR count). The van der Waals surface area contributed by atoms with E-state index in [1.165, 1.54) is 5.56 Å². The monoisotopic (exact) mass is 429 g/mol. The Morgan fingerprint density at radius 2 is 1.24 bits per heavy atom. The molecule has 0 saturated carbocycles. The van der Waals surface area contributed by atoms with E-state index in [1.54, 1.807) is 0 Å². The third-order valence-corrected chi connectivity index (χ3v) is 5.74. The quantitative estimate of drug-likeness (QED) is 0.210. The fraction of sp³-hybridized carbons (Fsp3) is 0.0667. The predicted octanol–water partition coefficient (Wildman–Crippen LogP) is 6.56. The highest BCUT2D eigenvalue weighted by Gasteiger charge is 2.34. The minimum absolute atomic E-state index is 0.0800. The van der Waals surface area contributed by atoms with E-state index in [0.29, 0.717) is 0 Å². The zero-order valence-electron chi connectivity index (χ0n) is 18.5. The fourth-order valence-corrected chi connectivity index (χ4v) is 3.95. The summed E-state index contributed by atoms with van der Waals surface area (Å²) < 4.78 is 1.86. The second kappa shape index (κ2) is 9.09. The molecule has 1 aliphatic rings. The average Bonchev–Trinajstić information content (AvgIpc) is 3.65. The van der Waals surface area contributed by atoms with E-state index in [4.69, 9.17) is 0 Å². The summed E-state index contributed by atoms with van der Waals surface area (Å²) in [6, 6.07) is 38.3. The second-order valence-corrected chi connectivity index (χ2v) is 8.11. The van der Waals surface area contributed by atoms with Crippen molar-refractivity contribution in [3.05, 3.63) is 143 Å². The predicted molar refractivity (Wildman–Crippen MR) is 135 cm³/mol. The maximum Gasteiger partial charge on any atom is 0.379 e. The number of rotatable bonds is 6. The summed E-state index contributed by atoms with van der Waals surface area (Å²) in [6.45, 7) is 2.06.